The monoisotopic (exact) mass is 284 g/mol. The van der Waals surface area contributed by atoms with Crippen LogP contribution in [0.3, 0.4) is 0 Å². The number of nitrogens with one attached hydrogen (secondary N) is 1. The molecule has 6 heteroatoms. The number of anilines is 1. The van der Waals surface area contributed by atoms with Gasteiger partial charge in [-0.3, -0.25) is 5.43 Å². The molecule has 0 bridgehead atoms. The second kappa shape index (κ2) is 5.62. The van der Waals surface area contributed by atoms with E-state index in [4.69, 9.17) is 0 Å². The van der Waals surface area contributed by atoms with Crippen molar-refractivity contribution in [1.29, 1.82) is 0 Å². The Kier molecular flexibility index (Phi) is 3.51. The summed E-state index contributed by atoms with van der Waals surface area (Å²) >= 11 is 0. The number of fused-ring (bicyclic) bond motifs is 1. The van der Waals surface area contributed by atoms with Gasteiger partial charge in [0.1, 0.15) is 0 Å². The Labute approximate surface area is 119 Å². The van der Waals surface area contributed by atoms with Gasteiger partial charge in [0.05, 0.1) is 12.4 Å². The van der Waals surface area contributed by atoms with Crippen molar-refractivity contribution in [3.8, 4) is 0 Å². The van der Waals surface area contributed by atoms with E-state index in [9.17, 15) is 8.78 Å². The van der Waals surface area contributed by atoms with Gasteiger partial charge in [0, 0.05) is 10.8 Å². The number of hydrogen-bond donors (Lipinski definition) is 1. The van der Waals surface area contributed by atoms with Crippen molar-refractivity contribution < 1.29 is 8.78 Å². The van der Waals surface area contributed by atoms with Gasteiger partial charge in [-0.15, -0.1) is 5.10 Å². The number of hydrogen-bond acceptors (Lipinski definition) is 4. The Bertz CT molecular complexity index is 812. The Morgan fingerprint density at radius 3 is 2.76 bits per heavy atom. The van der Waals surface area contributed by atoms with Crippen LogP contribution in [0.25, 0.3) is 10.8 Å². The Morgan fingerprint density at radius 2 is 1.90 bits per heavy atom. The quantitative estimate of drug-likeness (QED) is 0.592. The van der Waals surface area contributed by atoms with Crippen molar-refractivity contribution in [2.24, 2.45) is 5.10 Å². The summed E-state index contributed by atoms with van der Waals surface area (Å²) in [5, 5.41) is 13.6. The minimum absolute atomic E-state index is 0.439. The molecular weight excluding hydrogens is 274 g/mol. The average Bonchev–Trinajstić information content (AvgIpc) is 2.51. The number of benzene rings is 2. The molecule has 1 N–H and O–H groups in total. The van der Waals surface area contributed by atoms with E-state index in [1.54, 1.807) is 6.20 Å². The van der Waals surface area contributed by atoms with Crippen LogP contribution in [0, 0.1) is 11.6 Å². The minimum Gasteiger partial charge on any atom is -0.259 e. The molecule has 21 heavy (non-hydrogen) atoms. The lowest BCUT2D eigenvalue weighted by molar-refractivity contribution is 0.508. The molecule has 3 aromatic rings. The number of rotatable bonds is 3. The molecule has 104 valence electrons. The SMILES string of the molecule is Fc1ccc(/C=N\Nc2nncc3ccccc23)cc1F. The number of halogens is 2. The molecule has 3 rings (SSSR count). The molecule has 0 spiro atoms. The van der Waals surface area contributed by atoms with Crippen molar-refractivity contribution in [1.82, 2.24) is 10.2 Å². The molecule has 0 saturated heterocycles. The fourth-order valence-corrected chi connectivity index (χ4v) is 1.87. The van der Waals surface area contributed by atoms with Gasteiger partial charge in [0.25, 0.3) is 0 Å². The number of hydrazone groups is 1. The topological polar surface area (TPSA) is 50.2 Å². The summed E-state index contributed by atoms with van der Waals surface area (Å²) in [6.45, 7) is 0. The molecule has 2 aromatic carbocycles. The Balaban J connectivity index is 1.83. The second-order valence-corrected chi connectivity index (χ2v) is 4.32. The van der Waals surface area contributed by atoms with Crippen LogP contribution in [0.4, 0.5) is 14.6 Å². The van der Waals surface area contributed by atoms with E-state index in [-0.39, 0.29) is 0 Å². The highest BCUT2D eigenvalue weighted by Gasteiger charge is 2.02. The first-order valence-electron chi connectivity index (χ1n) is 6.18. The molecule has 0 fully saturated rings. The summed E-state index contributed by atoms with van der Waals surface area (Å²) in [5.74, 6) is -1.31. The van der Waals surface area contributed by atoms with Crippen molar-refractivity contribution >= 4 is 22.8 Å². The molecule has 0 aliphatic heterocycles. The third kappa shape index (κ3) is 2.84. The predicted octanol–water partition coefficient (Wildman–Crippen LogP) is 3.35. The summed E-state index contributed by atoms with van der Waals surface area (Å²) in [6, 6.07) is 11.1. The molecule has 0 aliphatic rings. The molecule has 0 aliphatic carbocycles. The van der Waals surface area contributed by atoms with Crippen LogP contribution in [0.15, 0.2) is 53.8 Å². The van der Waals surface area contributed by atoms with Gasteiger partial charge >= 0.3 is 0 Å². The highest BCUT2D eigenvalue weighted by atomic mass is 19.2. The second-order valence-electron chi connectivity index (χ2n) is 4.32. The molecule has 0 unspecified atom stereocenters. The molecule has 0 atom stereocenters. The lowest BCUT2D eigenvalue weighted by Crippen LogP contribution is -1.97. The molecule has 0 amide bonds. The van der Waals surface area contributed by atoms with Crippen molar-refractivity contribution in [3.05, 3.63) is 65.9 Å². The van der Waals surface area contributed by atoms with Crippen LogP contribution < -0.4 is 5.43 Å². The first-order chi connectivity index (χ1) is 10.2. The van der Waals surface area contributed by atoms with Crippen LogP contribution in [0.5, 0.6) is 0 Å². The number of nitrogens with zero attached hydrogens (tertiary/aromatic N) is 3. The van der Waals surface area contributed by atoms with Crippen LogP contribution in [-0.4, -0.2) is 16.4 Å². The van der Waals surface area contributed by atoms with Gasteiger partial charge in [-0.1, -0.05) is 30.3 Å². The van der Waals surface area contributed by atoms with Crippen LogP contribution in [0.2, 0.25) is 0 Å². The molecule has 0 saturated carbocycles. The molecule has 0 radical (unpaired) electrons. The van der Waals surface area contributed by atoms with Crippen molar-refractivity contribution in [2.45, 2.75) is 0 Å². The van der Waals surface area contributed by atoms with Gasteiger partial charge < -0.3 is 0 Å². The predicted molar refractivity (Wildman–Crippen MR) is 77.1 cm³/mol. The van der Waals surface area contributed by atoms with E-state index in [1.165, 1.54) is 12.3 Å². The fourth-order valence-electron chi connectivity index (χ4n) is 1.87. The third-order valence-electron chi connectivity index (χ3n) is 2.90. The minimum atomic E-state index is -0.913. The lowest BCUT2D eigenvalue weighted by Gasteiger charge is -2.02. The molecule has 1 aromatic heterocycles. The summed E-state index contributed by atoms with van der Waals surface area (Å²) < 4.78 is 25.9. The van der Waals surface area contributed by atoms with Gasteiger partial charge in [-0.05, 0) is 17.7 Å². The summed E-state index contributed by atoms with van der Waals surface area (Å²) in [5.41, 5.74) is 3.19. The lowest BCUT2D eigenvalue weighted by atomic mass is 10.2. The normalized spacial score (nSPS) is 11.1. The highest BCUT2D eigenvalue weighted by Crippen LogP contribution is 2.19. The summed E-state index contributed by atoms with van der Waals surface area (Å²) in [7, 11) is 0. The third-order valence-corrected chi connectivity index (χ3v) is 2.90. The molecular formula is C15H10F2N4. The maximum absolute atomic E-state index is 13.1. The highest BCUT2D eigenvalue weighted by molar-refractivity contribution is 5.91. The maximum Gasteiger partial charge on any atom is 0.176 e. The van der Waals surface area contributed by atoms with Gasteiger partial charge in [0.2, 0.25) is 0 Å². The Morgan fingerprint density at radius 1 is 1.05 bits per heavy atom. The summed E-state index contributed by atoms with van der Waals surface area (Å²) in [6.07, 6.45) is 3.03. The van der Waals surface area contributed by atoms with E-state index in [0.717, 1.165) is 22.9 Å². The van der Waals surface area contributed by atoms with Crippen molar-refractivity contribution in [2.75, 3.05) is 5.43 Å². The standard InChI is InChI=1S/C15H10F2N4/c16-13-6-5-10(7-14(13)17)8-18-20-15-12-4-2-1-3-11(12)9-19-21-15/h1-9H,(H,20,21)/b18-8-. The van der Waals surface area contributed by atoms with Gasteiger partial charge in [0.15, 0.2) is 17.5 Å². The maximum atomic E-state index is 13.1. The van der Waals surface area contributed by atoms with Crippen LogP contribution >= 0.6 is 0 Å². The van der Waals surface area contributed by atoms with E-state index in [0.29, 0.717) is 11.4 Å². The first-order valence-corrected chi connectivity index (χ1v) is 6.18. The average molecular weight is 284 g/mol. The number of aromatic nitrogens is 2. The zero-order chi connectivity index (χ0) is 14.7. The fraction of sp³-hybridized carbons (Fsp3) is 0. The molecule has 4 nitrogen and oxygen atoms in total. The zero-order valence-electron chi connectivity index (χ0n) is 10.8. The van der Waals surface area contributed by atoms with E-state index >= 15 is 0 Å². The van der Waals surface area contributed by atoms with Crippen LogP contribution in [0.1, 0.15) is 5.56 Å². The Hall–Kier alpha value is -2.89. The van der Waals surface area contributed by atoms with Gasteiger partial charge in [-0.2, -0.15) is 10.2 Å². The largest absolute Gasteiger partial charge is 0.259 e. The smallest absolute Gasteiger partial charge is 0.176 e. The molecule has 1 heterocycles. The first kappa shape index (κ1) is 13.1. The summed E-state index contributed by atoms with van der Waals surface area (Å²) in [4.78, 5) is 0. The van der Waals surface area contributed by atoms with E-state index in [1.807, 2.05) is 24.3 Å². The van der Waals surface area contributed by atoms with E-state index in [2.05, 4.69) is 20.7 Å². The van der Waals surface area contributed by atoms with Crippen LogP contribution in [-0.2, 0) is 0 Å². The zero-order valence-corrected chi connectivity index (χ0v) is 10.8. The van der Waals surface area contributed by atoms with E-state index < -0.39 is 11.6 Å². The van der Waals surface area contributed by atoms with Gasteiger partial charge in [-0.25, -0.2) is 8.78 Å². The van der Waals surface area contributed by atoms with Crippen molar-refractivity contribution in [3.63, 3.8) is 0 Å².